The molecule has 0 fully saturated rings. The van der Waals surface area contributed by atoms with E-state index in [1.165, 1.54) is 12.1 Å². The summed E-state index contributed by atoms with van der Waals surface area (Å²) in [5.41, 5.74) is 0.245. The summed E-state index contributed by atoms with van der Waals surface area (Å²) in [6.45, 7) is 0. The lowest BCUT2D eigenvalue weighted by Crippen LogP contribution is -1.91. The Labute approximate surface area is 77.7 Å². The Hall–Kier alpha value is -1.34. The second-order valence-electron chi connectivity index (χ2n) is 2.06. The Kier molecular flexibility index (Phi) is 2.46. The van der Waals surface area contributed by atoms with Crippen LogP contribution in [0.4, 0.5) is 5.69 Å². The average Bonchev–Trinajstić information content (AvgIpc) is 2.03. The summed E-state index contributed by atoms with van der Waals surface area (Å²) in [7, 11) is 0. The standard InChI is InChI=1S/C8H4BrNO2/c1-2-6-5-7(9)3-4-8(6)10(11)12/h1,3-5H. The number of nitro benzene ring substituents is 1. The molecule has 0 bridgehead atoms. The lowest BCUT2D eigenvalue weighted by molar-refractivity contribution is -0.385. The molecule has 0 radical (unpaired) electrons. The number of nitrogens with zero attached hydrogens (tertiary/aromatic N) is 1. The van der Waals surface area contributed by atoms with Gasteiger partial charge in [-0.2, -0.15) is 0 Å². The van der Waals surface area contributed by atoms with Crippen LogP contribution in [-0.2, 0) is 0 Å². The van der Waals surface area contributed by atoms with Crippen molar-refractivity contribution in [2.24, 2.45) is 0 Å². The first-order valence-corrected chi connectivity index (χ1v) is 3.85. The van der Waals surface area contributed by atoms with Crippen LogP contribution in [0.25, 0.3) is 0 Å². The van der Waals surface area contributed by atoms with Crippen LogP contribution in [0.5, 0.6) is 0 Å². The highest BCUT2D eigenvalue weighted by atomic mass is 79.9. The Bertz CT molecular complexity index is 368. The molecule has 0 aliphatic rings. The lowest BCUT2D eigenvalue weighted by atomic mass is 10.2. The van der Waals surface area contributed by atoms with E-state index >= 15 is 0 Å². The molecular formula is C8H4BrNO2. The molecule has 1 aromatic carbocycles. The molecule has 0 saturated heterocycles. The summed E-state index contributed by atoms with van der Waals surface area (Å²) >= 11 is 3.17. The number of terminal acetylenes is 1. The summed E-state index contributed by atoms with van der Waals surface area (Å²) in [6, 6.07) is 4.50. The normalized spacial score (nSPS) is 9.00. The van der Waals surface area contributed by atoms with Gasteiger partial charge < -0.3 is 0 Å². The summed E-state index contributed by atoms with van der Waals surface area (Å²) in [5, 5.41) is 10.4. The van der Waals surface area contributed by atoms with Crippen LogP contribution in [0.1, 0.15) is 5.56 Å². The minimum Gasteiger partial charge on any atom is -0.258 e. The molecule has 3 nitrogen and oxygen atoms in total. The molecule has 0 aliphatic heterocycles. The second kappa shape index (κ2) is 3.37. The van der Waals surface area contributed by atoms with Crippen LogP contribution in [0.15, 0.2) is 22.7 Å². The van der Waals surface area contributed by atoms with Gasteiger partial charge in [-0.15, -0.1) is 6.42 Å². The first kappa shape index (κ1) is 8.75. The molecule has 0 aliphatic carbocycles. The summed E-state index contributed by atoms with van der Waals surface area (Å²) in [4.78, 5) is 9.89. The van der Waals surface area contributed by atoms with E-state index in [0.29, 0.717) is 0 Å². The van der Waals surface area contributed by atoms with Gasteiger partial charge in [0.25, 0.3) is 5.69 Å². The van der Waals surface area contributed by atoms with Gasteiger partial charge in [0, 0.05) is 10.5 Å². The van der Waals surface area contributed by atoms with Crippen LogP contribution < -0.4 is 0 Å². The van der Waals surface area contributed by atoms with Crippen molar-refractivity contribution in [1.29, 1.82) is 0 Å². The summed E-state index contributed by atoms with van der Waals surface area (Å²) in [6.07, 6.45) is 5.08. The minimum atomic E-state index is -0.498. The van der Waals surface area contributed by atoms with Crippen LogP contribution in [0.3, 0.4) is 0 Å². The predicted octanol–water partition coefficient (Wildman–Crippen LogP) is 2.34. The van der Waals surface area contributed by atoms with E-state index in [2.05, 4.69) is 21.9 Å². The molecule has 0 atom stereocenters. The monoisotopic (exact) mass is 225 g/mol. The molecule has 0 amide bonds. The van der Waals surface area contributed by atoms with Gasteiger partial charge in [0.1, 0.15) is 5.56 Å². The lowest BCUT2D eigenvalue weighted by Gasteiger charge is -1.95. The molecule has 60 valence electrons. The van der Waals surface area contributed by atoms with Gasteiger partial charge in [-0.1, -0.05) is 21.9 Å². The molecule has 0 aromatic heterocycles. The van der Waals surface area contributed by atoms with Gasteiger partial charge in [0.15, 0.2) is 0 Å². The van der Waals surface area contributed by atoms with E-state index in [-0.39, 0.29) is 11.3 Å². The zero-order chi connectivity index (χ0) is 9.14. The maximum Gasteiger partial charge on any atom is 0.284 e. The number of halogens is 1. The van der Waals surface area contributed by atoms with Gasteiger partial charge in [0.2, 0.25) is 0 Å². The highest BCUT2D eigenvalue weighted by Gasteiger charge is 2.10. The fourth-order valence-corrected chi connectivity index (χ4v) is 1.14. The maximum atomic E-state index is 10.4. The predicted molar refractivity (Wildman–Crippen MR) is 48.7 cm³/mol. The number of benzene rings is 1. The molecule has 0 unspecified atom stereocenters. The third kappa shape index (κ3) is 1.63. The van der Waals surface area contributed by atoms with Crippen molar-refractivity contribution in [1.82, 2.24) is 0 Å². The fourth-order valence-electron chi connectivity index (χ4n) is 0.783. The zero-order valence-corrected chi connectivity index (χ0v) is 7.54. The van der Waals surface area contributed by atoms with Crippen molar-refractivity contribution in [3.05, 3.63) is 38.3 Å². The van der Waals surface area contributed by atoms with E-state index in [0.717, 1.165) is 4.47 Å². The average molecular weight is 226 g/mol. The number of rotatable bonds is 1. The van der Waals surface area contributed by atoms with Gasteiger partial charge in [-0.05, 0) is 12.1 Å². The smallest absolute Gasteiger partial charge is 0.258 e. The molecule has 0 spiro atoms. The van der Waals surface area contributed by atoms with Gasteiger partial charge in [0.05, 0.1) is 4.92 Å². The molecular weight excluding hydrogens is 222 g/mol. The highest BCUT2D eigenvalue weighted by molar-refractivity contribution is 9.10. The minimum absolute atomic E-state index is 0.0410. The van der Waals surface area contributed by atoms with Crippen LogP contribution in [0, 0.1) is 22.5 Å². The fraction of sp³-hybridized carbons (Fsp3) is 0. The molecule has 4 heteroatoms. The Morgan fingerprint density at radius 1 is 1.58 bits per heavy atom. The van der Waals surface area contributed by atoms with E-state index in [4.69, 9.17) is 6.42 Å². The molecule has 0 saturated carbocycles. The van der Waals surface area contributed by atoms with E-state index < -0.39 is 4.92 Å². The molecule has 12 heavy (non-hydrogen) atoms. The van der Waals surface area contributed by atoms with Crippen molar-refractivity contribution in [3.8, 4) is 12.3 Å². The molecule has 0 heterocycles. The largest absolute Gasteiger partial charge is 0.284 e. The van der Waals surface area contributed by atoms with Gasteiger partial charge in [-0.3, -0.25) is 10.1 Å². The zero-order valence-electron chi connectivity index (χ0n) is 5.95. The Balaban J connectivity index is 3.32. The molecule has 1 rings (SSSR count). The Morgan fingerprint density at radius 3 is 2.75 bits per heavy atom. The SMILES string of the molecule is C#Cc1cc(Br)ccc1[N+](=O)[O-]. The number of hydrogen-bond acceptors (Lipinski definition) is 2. The van der Waals surface area contributed by atoms with Crippen molar-refractivity contribution < 1.29 is 4.92 Å². The maximum absolute atomic E-state index is 10.4. The number of nitro groups is 1. The van der Waals surface area contributed by atoms with Crippen molar-refractivity contribution in [2.75, 3.05) is 0 Å². The van der Waals surface area contributed by atoms with E-state index in [9.17, 15) is 10.1 Å². The quantitative estimate of drug-likeness (QED) is 0.419. The summed E-state index contributed by atoms with van der Waals surface area (Å²) < 4.78 is 0.737. The number of hydrogen-bond donors (Lipinski definition) is 0. The van der Waals surface area contributed by atoms with Gasteiger partial charge >= 0.3 is 0 Å². The van der Waals surface area contributed by atoms with Crippen LogP contribution >= 0.6 is 15.9 Å². The van der Waals surface area contributed by atoms with Crippen LogP contribution in [0.2, 0.25) is 0 Å². The van der Waals surface area contributed by atoms with E-state index in [1.54, 1.807) is 6.07 Å². The highest BCUT2D eigenvalue weighted by Crippen LogP contribution is 2.21. The third-order valence-electron chi connectivity index (χ3n) is 1.31. The first-order chi connectivity index (χ1) is 5.65. The first-order valence-electron chi connectivity index (χ1n) is 3.05. The van der Waals surface area contributed by atoms with Crippen molar-refractivity contribution in [3.63, 3.8) is 0 Å². The van der Waals surface area contributed by atoms with E-state index in [1.807, 2.05) is 0 Å². The van der Waals surface area contributed by atoms with Crippen molar-refractivity contribution in [2.45, 2.75) is 0 Å². The van der Waals surface area contributed by atoms with Gasteiger partial charge in [-0.25, -0.2) is 0 Å². The topological polar surface area (TPSA) is 43.1 Å². The third-order valence-corrected chi connectivity index (χ3v) is 1.80. The van der Waals surface area contributed by atoms with Crippen molar-refractivity contribution >= 4 is 21.6 Å². The summed E-state index contributed by atoms with van der Waals surface area (Å²) in [5.74, 6) is 2.25. The Morgan fingerprint density at radius 2 is 2.25 bits per heavy atom. The second-order valence-corrected chi connectivity index (χ2v) is 2.98. The van der Waals surface area contributed by atoms with Crippen LogP contribution in [-0.4, -0.2) is 4.92 Å². The molecule has 0 N–H and O–H groups in total. The molecule has 1 aromatic rings.